The third-order valence-electron chi connectivity index (χ3n) is 3.12. The zero-order valence-electron chi connectivity index (χ0n) is 16.0. The Balaban J connectivity index is 4.55. The number of likely N-dealkylation sites (N-methyl/N-ethyl adjacent to an activating group) is 2. The molecular formula is C18H31N3O3. The van der Waals surface area contributed by atoms with Gasteiger partial charge in [-0.25, -0.2) is 4.79 Å². The number of hydrogen-bond acceptors (Lipinski definition) is 4. The number of hydrogen-bond donors (Lipinski definition) is 1. The number of ether oxygens (including phenoxy) is 1. The van der Waals surface area contributed by atoms with Crippen molar-refractivity contribution in [1.29, 1.82) is 0 Å². The van der Waals surface area contributed by atoms with E-state index in [2.05, 4.69) is 18.5 Å². The molecule has 0 aliphatic carbocycles. The summed E-state index contributed by atoms with van der Waals surface area (Å²) in [4.78, 5) is 26.4. The van der Waals surface area contributed by atoms with E-state index >= 15 is 0 Å². The molecule has 6 nitrogen and oxygen atoms in total. The van der Waals surface area contributed by atoms with Crippen LogP contribution in [0.1, 0.15) is 34.6 Å². The molecule has 0 heterocycles. The van der Waals surface area contributed by atoms with Crippen molar-refractivity contribution in [2.45, 2.75) is 40.2 Å². The molecule has 0 aliphatic heterocycles. The van der Waals surface area contributed by atoms with Gasteiger partial charge in [-0.15, -0.1) is 0 Å². The van der Waals surface area contributed by atoms with Crippen LogP contribution in [-0.4, -0.2) is 54.6 Å². The van der Waals surface area contributed by atoms with E-state index in [4.69, 9.17) is 4.74 Å². The maximum Gasteiger partial charge on any atom is 0.410 e. The number of nitrogens with zero attached hydrogens (tertiary/aromatic N) is 2. The van der Waals surface area contributed by atoms with Gasteiger partial charge < -0.3 is 19.9 Å². The lowest BCUT2D eigenvalue weighted by atomic mass is 10.2. The van der Waals surface area contributed by atoms with Crippen molar-refractivity contribution >= 4 is 12.0 Å². The number of rotatable bonds is 7. The average molecular weight is 337 g/mol. The van der Waals surface area contributed by atoms with Crippen molar-refractivity contribution < 1.29 is 14.3 Å². The van der Waals surface area contributed by atoms with Gasteiger partial charge in [0.1, 0.15) is 5.60 Å². The van der Waals surface area contributed by atoms with Crippen molar-refractivity contribution in [2.24, 2.45) is 0 Å². The van der Waals surface area contributed by atoms with E-state index in [-0.39, 0.29) is 12.0 Å². The van der Waals surface area contributed by atoms with E-state index in [0.29, 0.717) is 18.8 Å². The van der Waals surface area contributed by atoms with Gasteiger partial charge in [0.2, 0.25) is 5.91 Å². The van der Waals surface area contributed by atoms with E-state index < -0.39 is 5.60 Å². The lowest BCUT2D eigenvalue weighted by Crippen LogP contribution is -2.38. The number of nitrogens with one attached hydrogen (secondary N) is 1. The Morgan fingerprint density at radius 2 is 1.58 bits per heavy atom. The molecular weight excluding hydrogens is 306 g/mol. The molecule has 0 rings (SSSR count). The van der Waals surface area contributed by atoms with Crippen LogP contribution in [0.5, 0.6) is 0 Å². The molecule has 0 aromatic carbocycles. The third-order valence-corrected chi connectivity index (χ3v) is 3.12. The number of allylic oxidation sites excluding steroid dienone is 2. The minimum Gasteiger partial charge on any atom is -0.444 e. The van der Waals surface area contributed by atoms with Crippen LogP contribution in [0.15, 0.2) is 36.2 Å². The van der Waals surface area contributed by atoms with Gasteiger partial charge in [0, 0.05) is 45.5 Å². The molecule has 0 radical (unpaired) electrons. The second kappa shape index (κ2) is 9.15. The Morgan fingerprint density at radius 3 is 2.04 bits per heavy atom. The minimum absolute atomic E-state index is 0.165. The van der Waals surface area contributed by atoms with E-state index in [1.54, 1.807) is 13.1 Å². The van der Waals surface area contributed by atoms with Crippen LogP contribution >= 0.6 is 0 Å². The second-order valence-electron chi connectivity index (χ2n) is 6.80. The Morgan fingerprint density at radius 1 is 1.08 bits per heavy atom. The van der Waals surface area contributed by atoms with Gasteiger partial charge in [-0.2, -0.15) is 0 Å². The number of carbonyl (C=O) groups is 2. The molecule has 24 heavy (non-hydrogen) atoms. The highest BCUT2D eigenvalue weighted by molar-refractivity contribution is 5.75. The van der Waals surface area contributed by atoms with Gasteiger partial charge in [-0.05, 0) is 39.3 Å². The van der Waals surface area contributed by atoms with Gasteiger partial charge in [0.05, 0.1) is 0 Å². The molecule has 0 aromatic rings. The molecule has 0 saturated carbocycles. The summed E-state index contributed by atoms with van der Waals surface area (Å²) in [5.74, 6) is -0.165. The van der Waals surface area contributed by atoms with Crippen LogP contribution < -0.4 is 5.32 Å². The summed E-state index contributed by atoms with van der Waals surface area (Å²) < 4.78 is 5.31. The standard InChI is InChI=1S/C18H31N3O3/c1-13(12-14(2)19-16(4)22)15(3)20(8)10-11-21(9)17(23)24-18(5,6)7/h12H,2-3,10-11H2,1,4-9H3,(H,19,22)/b13-12-. The first-order valence-electron chi connectivity index (χ1n) is 7.83. The fourth-order valence-electron chi connectivity index (χ4n) is 1.77. The Kier molecular flexibility index (Phi) is 8.30. The van der Waals surface area contributed by atoms with E-state index in [1.807, 2.05) is 39.6 Å². The molecule has 6 heteroatoms. The molecule has 136 valence electrons. The second-order valence-corrected chi connectivity index (χ2v) is 6.80. The summed E-state index contributed by atoms with van der Waals surface area (Å²) in [6, 6.07) is 0. The molecule has 0 aromatic heterocycles. The SMILES string of the molecule is C=C(/C=C(/C)C(=C)N(C)CCN(C)C(=O)OC(C)(C)C)NC(C)=O. The Hall–Kier alpha value is -2.24. The first-order valence-corrected chi connectivity index (χ1v) is 7.83. The van der Waals surface area contributed by atoms with Crippen LogP contribution in [0.2, 0.25) is 0 Å². The predicted molar refractivity (Wildman–Crippen MR) is 97.3 cm³/mol. The Bertz CT molecular complexity index is 530. The first-order chi connectivity index (χ1) is 10.8. The summed E-state index contributed by atoms with van der Waals surface area (Å²) in [7, 11) is 3.59. The summed E-state index contributed by atoms with van der Waals surface area (Å²) in [5, 5.41) is 2.62. The molecule has 0 bridgehead atoms. The van der Waals surface area contributed by atoms with Gasteiger partial charge in [-0.3, -0.25) is 4.79 Å². The number of carbonyl (C=O) groups excluding carboxylic acids is 2. The molecule has 2 amide bonds. The molecule has 1 N–H and O–H groups in total. The predicted octanol–water partition coefficient (Wildman–Crippen LogP) is 2.89. The van der Waals surface area contributed by atoms with Crippen molar-refractivity contribution in [1.82, 2.24) is 15.1 Å². The van der Waals surface area contributed by atoms with Crippen molar-refractivity contribution in [2.75, 3.05) is 27.2 Å². The molecule has 0 unspecified atom stereocenters. The van der Waals surface area contributed by atoms with Gasteiger partial charge in [0.15, 0.2) is 0 Å². The molecule has 0 atom stereocenters. The quantitative estimate of drug-likeness (QED) is 0.726. The topological polar surface area (TPSA) is 61.9 Å². The highest BCUT2D eigenvalue weighted by Gasteiger charge is 2.19. The van der Waals surface area contributed by atoms with E-state index in [1.165, 1.54) is 11.8 Å². The van der Waals surface area contributed by atoms with Crippen LogP contribution in [0.25, 0.3) is 0 Å². The fraction of sp³-hybridized carbons (Fsp3) is 0.556. The first kappa shape index (κ1) is 21.8. The van der Waals surface area contributed by atoms with E-state index in [0.717, 1.165) is 11.3 Å². The maximum atomic E-state index is 11.9. The van der Waals surface area contributed by atoms with Crippen molar-refractivity contribution in [3.05, 3.63) is 36.2 Å². The molecule has 0 fully saturated rings. The lowest BCUT2D eigenvalue weighted by Gasteiger charge is -2.28. The molecule has 0 saturated heterocycles. The van der Waals surface area contributed by atoms with Crippen LogP contribution in [-0.2, 0) is 9.53 Å². The smallest absolute Gasteiger partial charge is 0.410 e. The summed E-state index contributed by atoms with van der Waals surface area (Å²) in [6.07, 6.45) is 1.41. The van der Waals surface area contributed by atoms with Gasteiger partial charge >= 0.3 is 6.09 Å². The van der Waals surface area contributed by atoms with Crippen LogP contribution in [0.3, 0.4) is 0 Å². The lowest BCUT2D eigenvalue weighted by molar-refractivity contribution is -0.118. The number of amides is 2. The summed E-state index contributed by atoms with van der Waals surface area (Å²) >= 11 is 0. The Labute approximate surface area is 145 Å². The normalized spacial score (nSPS) is 11.5. The summed E-state index contributed by atoms with van der Waals surface area (Å²) in [5.41, 5.74) is 1.68. The van der Waals surface area contributed by atoms with Crippen molar-refractivity contribution in [3.63, 3.8) is 0 Å². The van der Waals surface area contributed by atoms with E-state index in [9.17, 15) is 9.59 Å². The highest BCUT2D eigenvalue weighted by atomic mass is 16.6. The largest absolute Gasteiger partial charge is 0.444 e. The molecule has 0 aliphatic rings. The van der Waals surface area contributed by atoms with Gasteiger partial charge in [0.25, 0.3) is 0 Å². The van der Waals surface area contributed by atoms with Crippen LogP contribution in [0.4, 0.5) is 4.79 Å². The zero-order valence-corrected chi connectivity index (χ0v) is 16.0. The maximum absolute atomic E-state index is 11.9. The average Bonchev–Trinajstić information content (AvgIpc) is 2.40. The highest BCUT2D eigenvalue weighted by Crippen LogP contribution is 2.13. The fourth-order valence-corrected chi connectivity index (χ4v) is 1.77. The third kappa shape index (κ3) is 9.02. The van der Waals surface area contributed by atoms with Crippen molar-refractivity contribution in [3.8, 4) is 0 Å². The van der Waals surface area contributed by atoms with Crippen LogP contribution in [0, 0.1) is 0 Å². The van der Waals surface area contributed by atoms with Gasteiger partial charge in [-0.1, -0.05) is 13.2 Å². The summed E-state index contributed by atoms with van der Waals surface area (Å²) in [6.45, 7) is 17.7. The molecule has 0 spiro atoms. The minimum atomic E-state index is -0.510. The monoisotopic (exact) mass is 337 g/mol. The zero-order chi connectivity index (χ0) is 19.1.